The lowest BCUT2D eigenvalue weighted by atomic mass is 9.78. The molecule has 2 unspecified atom stereocenters. The molecule has 2 atom stereocenters. The second-order valence-electron chi connectivity index (χ2n) is 6.83. The molecule has 1 aromatic heterocycles. The van der Waals surface area contributed by atoms with Crippen LogP contribution in [0, 0.1) is 22.7 Å². The van der Waals surface area contributed by atoms with E-state index in [4.69, 9.17) is 36.0 Å². The number of nitrogens with one attached hydrogen (secondary N) is 2. The van der Waals surface area contributed by atoms with Crippen molar-refractivity contribution in [3.8, 4) is 40.5 Å². The van der Waals surface area contributed by atoms with Gasteiger partial charge in [0.05, 0.1) is 38.7 Å². The molecule has 0 amide bonds. The van der Waals surface area contributed by atoms with Crippen molar-refractivity contribution in [2.75, 3.05) is 21.3 Å². The van der Waals surface area contributed by atoms with Gasteiger partial charge in [0.25, 0.3) is 0 Å². The number of benzene rings is 2. The minimum Gasteiger partial charge on any atom is -0.493 e. The number of nitrogens with zero attached hydrogens (tertiary/aromatic N) is 2. The first-order valence-electron chi connectivity index (χ1n) is 9.32. The van der Waals surface area contributed by atoms with Crippen molar-refractivity contribution in [2.45, 2.75) is 5.92 Å². The molecular weight excluding hydrogens is 420 g/mol. The van der Waals surface area contributed by atoms with Gasteiger partial charge in [-0.25, -0.2) is 0 Å². The van der Waals surface area contributed by atoms with Crippen LogP contribution in [0.25, 0.3) is 11.3 Å². The Morgan fingerprint density at radius 3 is 2.29 bits per heavy atom. The summed E-state index contributed by atoms with van der Waals surface area (Å²) in [5, 5.41) is 26.0. The smallest absolute Gasteiger partial charge is 0.244 e. The van der Waals surface area contributed by atoms with Gasteiger partial charge >= 0.3 is 0 Å². The molecule has 0 aliphatic carbocycles. The van der Waals surface area contributed by atoms with Gasteiger partial charge in [-0.3, -0.25) is 10.5 Å². The number of fused-ring (bicyclic) bond motifs is 1. The van der Waals surface area contributed by atoms with Gasteiger partial charge in [0.15, 0.2) is 11.5 Å². The van der Waals surface area contributed by atoms with Gasteiger partial charge in [-0.15, -0.1) is 5.10 Å². The molecule has 3 aromatic rings. The molecule has 2 heterocycles. The summed E-state index contributed by atoms with van der Waals surface area (Å²) in [6.45, 7) is 0. The number of hydrogen-bond donors (Lipinski definition) is 2. The fraction of sp³-hybridized carbons (Fsp3) is 0.227. The molecule has 2 aromatic carbocycles. The molecule has 9 heteroatoms. The summed E-state index contributed by atoms with van der Waals surface area (Å²) in [5.74, 6) is -0.0227. The summed E-state index contributed by atoms with van der Waals surface area (Å²) in [7, 11) is 4.57. The van der Waals surface area contributed by atoms with E-state index >= 15 is 0 Å². The predicted octanol–water partition coefficient (Wildman–Crippen LogP) is 4.40. The van der Waals surface area contributed by atoms with Gasteiger partial charge in [-0.1, -0.05) is 23.7 Å². The Balaban J connectivity index is 1.96. The van der Waals surface area contributed by atoms with Gasteiger partial charge in [0.1, 0.15) is 5.92 Å². The van der Waals surface area contributed by atoms with Gasteiger partial charge in [-0.05, 0) is 29.8 Å². The molecule has 1 aliphatic heterocycles. The second kappa shape index (κ2) is 8.20. The number of H-pyrrole nitrogens is 1. The van der Waals surface area contributed by atoms with Gasteiger partial charge in [0, 0.05) is 16.5 Å². The van der Waals surface area contributed by atoms with Gasteiger partial charge in [-0.2, -0.15) is 5.26 Å². The molecule has 8 nitrogen and oxygen atoms in total. The molecule has 0 saturated carbocycles. The topological polar surface area (TPSA) is 113 Å². The summed E-state index contributed by atoms with van der Waals surface area (Å²) >= 11 is 6.04. The van der Waals surface area contributed by atoms with Crippen LogP contribution >= 0.6 is 11.6 Å². The first kappa shape index (κ1) is 20.6. The van der Waals surface area contributed by atoms with Crippen LogP contribution in [0.5, 0.6) is 23.1 Å². The van der Waals surface area contributed by atoms with Crippen molar-refractivity contribution in [1.82, 2.24) is 10.2 Å². The van der Waals surface area contributed by atoms with E-state index in [1.165, 1.54) is 21.3 Å². The molecule has 0 fully saturated rings. The molecule has 0 radical (unpaired) electrons. The van der Waals surface area contributed by atoms with Gasteiger partial charge < -0.3 is 18.9 Å². The van der Waals surface area contributed by atoms with Crippen LogP contribution < -0.4 is 18.9 Å². The van der Waals surface area contributed by atoms with Crippen molar-refractivity contribution in [2.24, 2.45) is 5.92 Å². The minimum absolute atomic E-state index is 0.178. The fourth-order valence-electron chi connectivity index (χ4n) is 3.80. The lowest BCUT2D eigenvalue weighted by molar-refractivity contribution is 0.323. The molecule has 4 rings (SSSR count). The number of aromatic amines is 1. The Morgan fingerprint density at radius 1 is 1.10 bits per heavy atom. The van der Waals surface area contributed by atoms with E-state index in [1.807, 2.05) is 12.1 Å². The zero-order chi connectivity index (χ0) is 22.1. The minimum atomic E-state index is -0.876. The van der Waals surface area contributed by atoms with Crippen LogP contribution in [0.2, 0.25) is 5.02 Å². The molecule has 158 valence electrons. The highest BCUT2D eigenvalue weighted by atomic mass is 35.5. The Labute approximate surface area is 183 Å². The third-order valence-corrected chi connectivity index (χ3v) is 5.47. The lowest BCUT2D eigenvalue weighted by Gasteiger charge is -2.29. The van der Waals surface area contributed by atoms with E-state index in [-0.39, 0.29) is 11.8 Å². The summed E-state index contributed by atoms with van der Waals surface area (Å²) < 4.78 is 22.0. The number of aromatic nitrogens is 2. The first-order chi connectivity index (χ1) is 15.0. The molecule has 0 spiro atoms. The third-order valence-electron chi connectivity index (χ3n) is 5.22. The molecule has 1 aliphatic rings. The van der Waals surface area contributed by atoms with E-state index < -0.39 is 11.8 Å². The largest absolute Gasteiger partial charge is 0.493 e. The highest BCUT2D eigenvalue weighted by Crippen LogP contribution is 2.49. The van der Waals surface area contributed by atoms with Crippen molar-refractivity contribution >= 4 is 17.5 Å². The Hall–Kier alpha value is -3.70. The maximum Gasteiger partial charge on any atom is 0.244 e. The first-order valence-corrected chi connectivity index (χ1v) is 9.70. The number of hydrogen-bond acceptors (Lipinski definition) is 7. The highest BCUT2D eigenvalue weighted by molar-refractivity contribution is 6.30. The lowest BCUT2D eigenvalue weighted by Crippen LogP contribution is -2.31. The van der Waals surface area contributed by atoms with Crippen LogP contribution in [0.4, 0.5) is 0 Å². The second-order valence-corrected chi connectivity index (χ2v) is 7.27. The van der Waals surface area contributed by atoms with E-state index in [2.05, 4.69) is 16.3 Å². The normalized spacial score (nSPS) is 17.3. The SMILES string of the molecule is COc1cc(C2c3c(n[nH]c3-c3ccc(Cl)cc3)OC(=N)C2C#N)cc(OC)c1OC. The van der Waals surface area contributed by atoms with Crippen LogP contribution in [0.15, 0.2) is 36.4 Å². The molecule has 2 N–H and O–H groups in total. The summed E-state index contributed by atoms with van der Waals surface area (Å²) in [5.41, 5.74) is 2.87. The van der Waals surface area contributed by atoms with Crippen molar-refractivity contribution in [3.63, 3.8) is 0 Å². The Morgan fingerprint density at radius 2 is 1.74 bits per heavy atom. The Kier molecular flexibility index (Phi) is 5.44. The molecular formula is C22H19ClN4O4. The monoisotopic (exact) mass is 438 g/mol. The van der Waals surface area contributed by atoms with Crippen LogP contribution in [-0.4, -0.2) is 37.4 Å². The predicted molar refractivity (Wildman–Crippen MR) is 114 cm³/mol. The number of ether oxygens (including phenoxy) is 4. The van der Waals surface area contributed by atoms with Crippen molar-refractivity contribution in [1.29, 1.82) is 10.7 Å². The van der Waals surface area contributed by atoms with Crippen LogP contribution in [0.3, 0.4) is 0 Å². The molecule has 0 saturated heterocycles. The van der Waals surface area contributed by atoms with Crippen LogP contribution in [0.1, 0.15) is 17.0 Å². The summed E-state index contributed by atoms with van der Waals surface area (Å²) in [6, 6.07) is 13.0. The van der Waals surface area contributed by atoms with Crippen LogP contribution in [-0.2, 0) is 0 Å². The number of rotatable bonds is 5. The molecule has 0 bridgehead atoms. The number of nitriles is 1. The Bertz CT molecular complexity index is 1160. The number of halogens is 1. The number of methoxy groups -OCH3 is 3. The average Bonchev–Trinajstić information content (AvgIpc) is 3.20. The van der Waals surface area contributed by atoms with Crippen molar-refractivity contribution < 1.29 is 18.9 Å². The van der Waals surface area contributed by atoms with E-state index in [1.54, 1.807) is 24.3 Å². The highest BCUT2D eigenvalue weighted by Gasteiger charge is 2.41. The third kappa shape index (κ3) is 3.43. The standard InChI is InChI=1S/C22H19ClN4O4/c1-28-15-8-12(9-16(29-2)20(15)30-3)17-14(10-24)21(25)31-22-18(17)19(26-27-22)11-4-6-13(23)7-5-11/h4-9,14,17,25H,1-3H3,(H,26,27). The average molecular weight is 439 g/mol. The summed E-state index contributed by atoms with van der Waals surface area (Å²) in [4.78, 5) is 0. The van der Waals surface area contributed by atoms with Gasteiger partial charge in [0.2, 0.25) is 17.5 Å². The zero-order valence-corrected chi connectivity index (χ0v) is 17.8. The maximum absolute atomic E-state index is 9.90. The summed E-state index contributed by atoms with van der Waals surface area (Å²) in [6.07, 6.45) is 0. The molecule has 31 heavy (non-hydrogen) atoms. The van der Waals surface area contributed by atoms with E-state index in [9.17, 15) is 5.26 Å². The fourth-order valence-corrected chi connectivity index (χ4v) is 3.92. The van der Waals surface area contributed by atoms with Crippen molar-refractivity contribution in [3.05, 3.63) is 52.5 Å². The quantitative estimate of drug-likeness (QED) is 0.610. The zero-order valence-electron chi connectivity index (χ0n) is 17.0. The van der Waals surface area contributed by atoms with E-state index in [0.29, 0.717) is 39.1 Å². The maximum atomic E-state index is 9.90. The van der Waals surface area contributed by atoms with E-state index in [0.717, 1.165) is 5.56 Å².